The number of rotatable bonds is 5. The quantitative estimate of drug-likeness (QED) is 0.676. The van der Waals surface area contributed by atoms with E-state index in [-0.39, 0.29) is 17.8 Å². The summed E-state index contributed by atoms with van der Waals surface area (Å²) in [5.74, 6) is -0.00605. The fourth-order valence-corrected chi connectivity index (χ4v) is 2.77. The van der Waals surface area contributed by atoms with Crippen molar-refractivity contribution in [1.29, 1.82) is 0 Å². The van der Waals surface area contributed by atoms with Gasteiger partial charge in [-0.25, -0.2) is 9.37 Å². The summed E-state index contributed by atoms with van der Waals surface area (Å²) < 4.78 is 15.8. The molecule has 0 unspecified atom stereocenters. The maximum absolute atomic E-state index is 14.0. The molecule has 26 heavy (non-hydrogen) atoms. The number of hydrogen-bond donors (Lipinski definition) is 1. The van der Waals surface area contributed by atoms with Crippen molar-refractivity contribution < 1.29 is 5.82 Å². The van der Waals surface area contributed by atoms with Gasteiger partial charge in [0, 0.05) is 24.4 Å². The highest BCUT2D eigenvalue weighted by Crippen LogP contribution is 2.24. The van der Waals surface area contributed by atoms with Gasteiger partial charge in [0.1, 0.15) is 17.3 Å². The maximum atomic E-state index is 14.0. The third-order valence-corrected chi connectivity index (χ3v) is 4.03. The van der Waals surface area contributed by atoms with Gasteiger partial charge < -0.3 is 5.32 Å². The van der Waals surface area contributed by atoms with Gasteiger partial charge in [-0.05, 0) is 31.2 Å². The molecule has 0 aliphatic rings. The molecule has 2 heterocycles. The van der Waals surface area contributed by atoms with E-state index in [2.05, 4.69) is 23.5 Å². The highest BCUT2D eigenvalue weighted by atomic mass is 19.1. The second-order valence-corrected chi connectivity index (χ2v) is 5.68. The summed E-state index contributed by atoms with van der Waals surface area (Å²) in [6.45, 7) is 9.01. The largest absolute Gasteiger partial charge is 0.341 e. The van der Waals surface area contributed by atoms with Gasteiger partial charge in [0.15, 0.2) is 5.43 Å². The lowest BCUT2D eigenvalue weighted by Crippen LogP contribution is -2.16. The van der Waals surface area contributed by atoms with Crippen LogP contribution in [0.1, 0.15) is 6.99 Å². The van der Waals surface area contributed by atoms with Crippen LogP contribution in [0.15, 0.2) is 84.5 Å². The molecular formula is C21H20FN3O. The molecule has 3 rings (SSSR count). The summed E-state index contributed by atoms with van der Waals surface area (Å²) in [6.07, 6.45) is 6.11. The van der Waals surface area contributed by atoms with E-state index in [0.29, 0.717) is 17.2 Å². The lowest BCUT2D eigenvalue weighted by atomic mass is 10.1. The first-order valence-corrected chi connectivity index (χ1v) is 8.05. The number of benzene rings is 1. The number of hydrogen-bond acceptors (Lipinski definition) is 3. The van der Waals surface area contributed by atoms with E-state index in [1.165, 1.54) is 6.07 Å². The van der Waals surface area contributed by atoms with Crippen LogP contribution in [0.2, 0.25) is 0 Å². The molecule has 0 saturated carbocycles. The highest BCUT2D eigenvalue weighted by Gasteiger charge is 2.16. The molecule has 0 radical (unpaired) electrons. The zero-order valence-electron chi connectivity index (χ0n) is 14.4. The number of pyridine rings is 2. The van der Waals surface area contributed by atoms with E-state index in [4.69, 9.17) is 0 Å². The lowest BCUT2D eigenvalue weighted by Gasteiger charge is -2.18. The van der Waals surface area contributed by atoms with Crippen molar-refractivity contribution in [3.8, 4) is 5.69 Å². The summed E-state index contributed by atoms with van der Waals surface area (Å²) in [5.41, 5.74) is 1.82. The van der Waals surface area contributed by atoms with Crippen molar-refractivity contribution in [2.24, 2.45) is 0 Å². The van der Waals surface area contributed by atoms with E-state index < -0.39 is 5.82 Å². The molecule has 1 N–H and O–H groups in total. The first kappa shape index (κ1) is 17.4. The Morgan fingerprint density at radius 2 is 2.04 bits per heavy atom. The van der Waals surface area contributed by atoms with Crippen molar-refractivity contribution in [3.05, 3.63) is 101 Å². The van der Waals surface area contributed by atoms with Crippen LogP contribution in [0, 0.1) is 12.7 Å². The monoisotopic (exact) mass is 349 g/mol. The minimum absolute atomic E-state index is 0. The summed E-state index contributed by atoms with van der Waals surface area (Å²) in [5, 5.41) is 3.42. The summed E-state index contributed by atoms with van der Waals surface area (Å²) in [6, 6.07) is 10.9. The van der Waals surface area contributed by atoms with Crippen molar-refractivity contribution in [2.75, 3.05) is 5.32 Å². The molecule has 1 aromatic carbocycles. The van der Waals surface area contributed by atoms with Crippen LogP contribution in [0.25, 0.3) is 16.7 Å². The average Bonchev–Trinajstić information content (AvgIpc) is 2.65. The number of anilines is 1. The zero-order valence-corrected chi connectivity index (χ0v) is 14.4. The van der Waals surface area contributed by atoms with Gasteiger partial charge in [-0.3, -0.25) is 9.36 Å². The third-order valence-electron chi connectivity index (χ3n) is 4.03. The van der Waals surface area contributed by atoms with Crippen molar-refractivity contribution in [3.63, 3.8) is 0 Å². The Morgan fingerprint density at radius 1 is 1.31 bits per heavy atom. The van der Waals surface area contributed by atoms with Crippen molar-refractivity contribution >= 4 is 16.9 Å². The van der Waals surface area contributed by atoms with E-state index in [1.807, 2.05) is 30.3 Å². The topological polar surface area (TPSA) is 46.9 Å². The van der Waals surface area contributed by atoms with Crippen LogP contribution in [-0.4, -0.2) is 9.55 Å². The lowest BCUT2D eigenvalue weighted by molar-refractivity contribution is 0.614. The maximum Gasteiger partial charge on any atom is 0.193 e. The number of fused-ring (bicyclic) bond motifs is 1. The molecule has 0 amide bonds. The van der Waals surface area contributed by atoms with Crippen molar-refractivity contribution in [1.82, 2.24) is 9.55 Å². The van der Waals surface area contributed by atoms with Crippen LogP contribution in [-0.2, 0) is 0 Å². The van der Waals surface area contributed by atoms with Crippen molar-refractivity contribution in [2.45, 2.75) is 6.92 Å². The predicted molar refractivity (Wildman–Crippen MR) is 106 cm³/mol. The van der Waals surface area contributed by atoms with Crippen LogP contribution in [0.4, 0.5) is 10.2 Å². The average molecular weight is 349 g/mol. The van der Waals surface area contributed by atoms with Crippen LogP contribution in [0.3, 0.4) is 0 Å². The second kappa shape index (κ2) is 7.19. The molecule has 4 nitrogen and oxygen atoms in total. The fraction of sp³-hybridized carbons (Fsp3) is 0.0476. The number of aryl methyl sites for hydroxylation is 1. The molecule has 0 saturated heterocycles. The Kier molecular flexibility index (Phi) is 4.80. The minimum Gasteiger partial charge on any atom is -0.341 e. The number of allylic oxidation sites excluding steroid dienone is 3. The smallest absolute Gasteiger partial charge is 0.193 e. The molecule has 0 aliphatic carbocycles. The molecule has 5 heteroatoms. The fourth-order valence-electron chi connectivity index (χ4n) is 2.77. The Morgan fingerprint density at radius 3 is 2.69 bits per heavy atom. The van der Waals surface area contributed by atoms with Crippen LogP contribution in [0.5, 0.6) is 0 Å². The second-order valence-electron chi connectivity index (χ2n) is 5.68. The standard InChI is InChI=1S/C21H18FN3O.H2/c1-4-9-15(5-2)24-19-12-18(26)20-14(3)17(22)13-23-21(20)25(19)16-10-7-6-8-11-16;/h4-13,24H,1-2H2,3H3;1H/b15-9+;. The van der Waals surface area contributed by atoms with Crippen LogP contribution < -0.4 is 10.7 Å². The van der Waals surface area contributed by atoms with Gasteiger partial charge in [-0.1, -0.05) is 37.4 Å². The molecule has 0 bridgehead atoms. The number of aromatic nitrogens is 2. The third kappa shape index (κ3) is 3.07. The van der Waals surface area contributed by atoms with Gasteiger partial charge in [-0.15, -0.1) is 0 Å². The molecule has 132 valence electrons. The molecule has 0 spiro atoms. The van der Waals surface area contributed by atoms with E-state index in [9.17, 15) is 9.18 Å². The van der Waals surface area contributed by atoms with E-state index in [1.54, 1.807) is 29.7 Å². The van der Waals surface area contributed by atoms with Gasteiger partial charge >= 0.3 is 0 Å². The molecular weight excluding hydrogens is 329 g/mol. The Balaban J connectivity index is 0.00000261. The minimum atomic E-state index is -0.506. The molecule has 3 aromatic rings. The molecule has 0 fully saturated rings. The Bertz CT molecular complexity index is 1090. The summed E-state index contributed by atoms with van der Waals surface area (Å²) in [4.78, 5) is 16.9. The highest BCUT2D eigenvalue weighted by molar-refractivity contribution is 5.83. The van der Waals surface area contributed by atoms with Gasteiger partial charge in [-0.2, -0.15) is 0 Å². The Labute approximate surface area is 152 Å². The zero-order chi connectivity index (χ0) is 18.7. The summed E-state index contributed by atoms with van der Waals surface area (Å²) >= 11 is 0. The number of para-hydroxylation sites is 1. The number of halogens is 1. The van der Waals surface area contributed by atoms with E-state index >= 15 is 0 Å². The summed E-state index contributed by atoms with van der Waals surface area (Å²) in [7, 11) is 0. The first-order valence-electron chi connectivity index (χ1n) is 8.05. The van der Waals surface area contributed by atoms with Gasteiger partial charge in [0.05, 0.1) is 11.6 Å². The number of nitrogens with zero attached hydrogens (tertiary/aromatic N) is 2. The van der Waals surface area contributed by atoms with E-state index in [0.717, 1.165) is 11.9 Å². The van der Waals surface area contributed by atoms with Gasteiger partial charge in [0.2, 0.25) is 0 Å². The van der Waals surface area contributed by atoms with Gasteiger partial charge in [0.25, 0.3) is 0 Å². The SMILES string of the molecule is C=C/C=C(\C=C)Nc1cc(=O)c2c(C)c(F)cnc2n1-c1ccccc1.[HH]. The molecule has 2 aromatic heterocycles. The predicted octanol–water partition coefficient (Wildman–Crippen LogP) is 4.75. The molecule has 0 atom stereocenters. The first-order chi connectivity index (χ1) is 12.6. The number of nitrogens with one attached hydrogen (secondary N) is 1. The molecule has 0 aliphatic heterocycles. The Hall–Kier alpha value is -3.47. The van der Waals surface area contributed by atoms with Crippen LogP contribution >= 0.6 is 0 Å². The normalized spacial score (nSPS) is 11.4.